The molecule has 0 unspecified atom stereocenters. The van der Waals surface area contributed by atoms with Crippen LogP contribution in [-0.2, 0) is 4.74 Å². The maximum atomic E-state index is 14.9. The largest absolute Gasteiger partial charge is 0.421 e. The smallest absolute Gasteiger partial charge is 0.327 e. The van der Waals surface area contributed by atoms with E-state index in [2.05, 4.69) is 19.9 Å². The minimum atomic E-state index is -0.699. The first-order chi connectivity index (χ1) is 17.3. The Labute approximate surface area is 207 Å². The molecule has 11 heteroatoms. The van der Waals surface area contributed by atoms with Gasteiger partial charge in [-0.1, -0.05) is 0 Å². The number of pyridine rings is 1. The van der Waals surface area contributed by atoms with Gasteiger partial charge < -0.3 is 24.3 Å². The lowest BCUT2D eigenvalue weighted by molar-refractivity contribution is 0.0336. The SMILES string of the molecule is C[C@@H]1CN(c2nc(Oc3ccc(C(=O)N(C)C)cc3F)nc(-c3cnc4[nH]ccc4c3)n2)[C@H](C)CO1. The summed E-state index contributed by atoms with van der Waals surface area (Å²) in [5, 5.41) is 0.900. The molecule has 1 fully saturated rings. The number of carbonyl (C=O) groups is 1. The molecule has 0 spiro atoms. The fourth-order valence-electron chi connectivity index (χ4n) is 3.97. The van der Waals surface area contributed by atoms with Crippen LogP contribution in [0.3, 0.4) is 0 Å². The van der Waals surface area contributed by atoms with E-state index in [4.69, 9.17) is 14.5 Å². The lowest BCUT2D eigenvalue weighted by Gasteiger charge is -2.36. The summed E-state index contributed by atoms with van der Waals surface area (Å²) in [4.78, 5) is 36.7. The predicted octanol–water partition coefficient (Wildman–Crippen LogP) is 3.66. The van der Waals surface area contributed by atoms with Gasteiger partial charge in [0.05, 0.1) is 18.8 Å². The number of ether oxygens (including phenoxy) is 2. The van der Waals surface area contributed by atoms with E-state index < -0.39 is 5.82 Å². The maximum absolute atomic E-state index is 14.9. The number of aromatic nitrogens is 5. The summed E-state index contributed by atoms with van der Waals surface area (Å²) < 4.78 is 26.4. The maximum Gasteiger partial charge on any atom is 0.327 e. The van der Waals surface area contributed by atoms with Gasteiger partial charge >= 0.3 is 6.01 Å². The Balaban J connectivity index is 1.55. The summed E-state index contributed by atoms with van der Waals surface area (Å²) in [6.07, 6.45) is 3.46. The van der Waals surface area contributed by atoms with Gasteiger partial charge in [0.1, 0.15) is 5.65 Å². The average molecular weight is 492 g/mol. The first-order valence-corrected chi connectivity index (χ1v) is 11.6. The third-order valence-corrected chi connectivity index (χ3v) is 5.91. The summed E-state index contributed by atoms with van der Waals surface area (Å²) >= 11 is 0. The standard InChI is InChI=1S/C25H26FN7O3/c1-14-13-35-15(2)12-33(14)24-29-22(18-9-16-7-8-27-21(16)28-11-18)30-25(31-24)36-20-6-5-17(10-19(20)26)23(34)32(3)4/h5-11,14-15H,12-13H2,1-4H3,(H,27,28)/t14-,15-/m1/s1. The Morgan fingerprint density at radius 1 is 1.19 bits per heavy atom. The van der Waals surface area contributed by atoms with Gasteiger partial charge in [0.15, 0.2) is 17.4 Å². The Bertz CT molecular complexity index is 1420. The number of hydrogen-bond acceptors (Lipinski definition) is 8. The minimum Gasteiger partial charge on any atom is -0.421 e. The van der Waals surface area contributed by atoms with Crippen molar-refractivity contribution in [1.82, 2.24) is 29.8 Å². The molecular weight excluding hydrogens is 465 g/mol. The fraction of sp³-hybridized carbons (Fsp3) is 0.320. The third-order valence-electron chi connectivity index (χ3n) is 5.91. The van der Waals surface area contributed by atoms with Crippen LogP contribution in [-0.4, -0.2) is 75.1 Å². The number of morpholine rings is 1. The number of anilines is 1. The number of carbonyl (C=O) groups excluding carboxylic acids is 1. The van der Waals surface area contributed by atoms with E-state index in [0.29, 0.717) is 30.5 Å². The number of hydrogen-bond donors (Lipinski definition) is 1. The number of nitrogens with one attached hydrogen (secondary N) is 1. The molecular formula is C25H26FN7O3. The molecule has 0 radical (unpaired) electrons. The van der Waals surface area contributed by atoms with Crippen molar-refractivity contribution in [3.05, 3.63) is 54.1 Å². The summed E-state index contributed by atoms with van der Waals surface area (Å²) in [5.41, 5.74) is 1.62. The molecule has 5 rings (SSSR count). The van der Waals surface area contributed by atoms with Crippen LogP contribution in [0.4, 0.5) is 10.3 Å². The molecule has 10 nitrogen and oxygen atoms in total. The van der Waals surface area contributed by atoms with E-state index in [9.17, 15) is 9.18 Å². The Hall–Kier alpha value is -4.12. The molecule has 4 heterocycles. The van der Waals surface area contributed by atoms with Crippen molar-refractivity contribution in [2.45, 2.75) is 26.0 Å². The highest BCUT2D eigenvalue weighted by atomic mass is 19.1. The second-order valence-corrected chi connectivity index (χ2v) is 8.97. The number of halogens is 1. The number of fused-ring (bicyclic) bond motifs is 1. The van der Waals surface area contributed by atoms with E-state index in [-0.39, 0.29) is 35.4 Å². The molecule has 1 aromatic carbocycles. The molecule has 186 valence electrons. The van der Waals surface area contributed by atoms with E-state index in [0.717, 1.165) is 17.1 Å². The van der Waals surface area contributed by atoms with Crippen molar-refractivity contribution in [3.63, 3.8) is 0 Å². The number of aromatic amines is 1. The van der Waals surface area contributed by atoms with Gasteiger partial charge in [-0.25, -0.2) is 9.37 Å². The first-order valence-electron chi connectivity index (χ1n) is 11.6. The molecule has 3 aromatic heterocycles. The quantitative estimate of drug-likeness (QED) is 0.451. The van der Waals surface area contributed by atoms with Gasteiger partial charge in [-0.05, 0) is 44.2 Å². The second kappa shape index (κ2) is 9.50. The van der Waals surface area contributed by atoms with Crippen molar-refractivity contribution in [1.29, 1.82) is 0 Å². The Morgan fingerprint density at radius 2 is 2.03 bits per heavy atom. The molecule has 0 saturated carbocycles. The predicted molar refractivity (Wildman–Crippen MR) is 132 cm³/mol. The van der Waals surface area contributed by atoms with Crippen LogP contribution in [0.15, 0.2) is 42.7 Å². The summed E-state index contributed by atoms with van der Waals surface area (Å²) in [6, 6.07) is 7.79. The van der Waals surface area contributed by atoms with E-state index in [1.165, 1.54) is 17.0 Å². The molecule has 0 aliphatic carbocycles. The summed E-state index contributed by atoms with van der Waals surface area (Å²) in [6.45, 7) is 5.09. The van der Waals surface area contributed by atoms with Crippen LogP contribution >= 0.6 is 0 Å². The Kier molecular flexibility index (Phi) is 6.23. The zero-order chi connectivity index (χ0) is 25.4. The van der Waals surface area contributed by atoms with E-state index in [1.807, 2.05) is 30.9 Å². The van der Waals surface area contributed by atoms with Crippen molar-refractivity contribution in [3.8, 4) is 23.1 Å². The van der Waals surface area contributed by atoms with Crippen molar-refractivity contribution in [2.24, 2.45) is 0 Å². The molecule has 1 amide bonds. The molecule has 1 saturated heterocycles. The Morgan fingerprint density at radius 3 is 2.81 bits per heavy atom. The highest BCUT2D eigenvalue weighted by Gasteiger charge is 2.27. The van der Waals surface area contributed by atoms with Gasteiger partial charge in [0.25, 0.3) is 5.91 Å². The number of H-pyrrole nitrogens is 1. The lowest BCUT2D eigenvalue weighted by atomic mass is 10.2. The zero-order valence-electron chi connectivity index (χ0n) is 20.4. The fourth-order valence-corrected chi connectivity index (χ4v) is 3.97. The highest BCUT2D eigenvalue weighted by Crippen LogP contribution is 2.29. The molecule has 0 bridgehead atoms. The molecule has 4 aromatic rings. The first kappa shape index (κ1) is 23.6. The number of amides is 1. The number of nitrogens with zero attached hydrogens (tertiary/aromatic N) is 6. The third kappa shape index (κ3) is 4.69. The topological polar surface area (TPSA) is 109 Å². The molecule has 2 atom stereocenters. The molecule has 1 aliphatic rings. The van der Waals surface area contributed by atoms with Crippen LogP contribution in [0.5, 0.6) is 11.8 Å². The van der Waals surface area contributed by atoms with Crippen LogP contribution in [0.2, 0.25) is 0 Å². The summed E-state index contributed by atoms with van der Waals surface area (Å²) in [7, 11) is 3.21. The van der Waals surface area contributed by atoms with Gasteiger partial charge in [-0.3, -0.25) is 4.79 Å². The van der Waals surface area contributed by atoms with Crippen molar-refractivity contribution >= 4 is 22.9 Å². The van der Waals surface area contributed by atoms with Crippen LogP contribution in [0.1, 0.15) is 24.2 Å². The van der Waals surface area contributed by atoms with Crippen LogP contribution < -0.4 is 9.64 Å². The zero-order valence-corrected chi connectivity index (χ0v) is 20.4. The molecule has 36 heavy (non-hydrogen) atoms. The van der Waals surface area contributed by atoms with Gasteiger partial charge in [0.2, 0.25) is 5.95 Å². The van der Waals surface area contributed by atoms with Crippen LogP contribution in [0.25, 0.3) is 22.4 Å². The summed E-state index contributed by atoms with van der Waals surface area (Å²) in [5.74, 6) is -0.373. The lowest BCUT2D eigenvalue weighted by Crippen LogP contribution is -2.48. The average Bonchev–Trinajstić information content (AvgIpc) is 3.34. The minimum absolute atomic E-state index is 0.0112. The van der Waals surface area contributed by atoms with Gasteiger partial charge in [0, 0.05) is 49.5 Å². The van der Waals surface area contributed by atoms with E-state index >= 15 is 0 Å². The highest BCUT2D eigenvalue weighted by molar-refractivity contribution is 5.94. The van der Waals surface area contributed by atoms with Gasteiger partial charge in [-0.15, -0.1) is 0 Å². The van der Waals surface area contributed by atoms with Crippen molar-refractivity contribution in [2.75, 3.05) is 32.1 Å². The van der Waals surface area contributed by atoms with E-state index in [1.54, 1.807) is 26.5 Å². The number of benzene rings is 1. The molecule has 1 aliphatic heterocycles. The second-order valence-electron chi connectivity index (χ2n) is 8.97. The van der Waals surface area contributed by atoms with Gasteiger partial charge in [-0.2, -0.15) is 15.0 Å². The normalized spacial score (nSPS) is 17.9. The van der Waals surface area contributed by atoms with Crippen LogP contribution in [0, 0.1) is 5.82 Å². The van der Waals surface area contributed by atoms with Crippen molar-refractivity contribution < 1.29 is 18.7 Å². The number of rotatable bonds is 5. The molecule has 1 N–H and O–H groups in total. The monoisotopic (exact) mass is 491 g/mol.